The van der Waals surface area contributed by atoms with Crippen molar-refractivity contribution in [3.8, 4) is 5.75 Å². The number of amides is 2. The molecule has 0 bridgehead atoms. The summed E-state index contributed by atoms with van der Waals surface area (Å²) >= 11 is 0. The van der Waals surface area contributed by atoms with Gasteiger partial charge in [0.2, 0.25) is 5.91 Å². The zero-order valence-corrected chi connectivity index (χ0v) is 21.9. The van der Waals surface area contributed by atoms with Gasteiger partial charge >= 0.3 is 0 Å². The number of ether oxygens (including phenoxy) is 1. The van der Waals surface area contributed by atoms with Crippen LogP contribution in [0.4, 0.5) is 0 Å². The highest BCUT2D eigenvalue weighted by atomic mass is 16.5. The number of rotatable bonds is 6. The number of ketones is 1. The zero-order chi connectivity index (χ0) is 26.5. The van der Waals surface area contributed by atoms with Crippen LogP contribution in [-0.2, 0) is 9.59 Å². The molecule has 3 aliphatic heterocycles. The molecule has 1 aliphatic carbocycles. The monoisotopic (exact) mass is 502 g/mol. The second-order valence-electron chi connectivity index (χ2n) is 11.3. The van der Waals surface area contributed by atoms with Gasteiger partial charge in [0.1, 0.15) is 11.6 Å². The third-order valence-corrected chi connectivity index (χ3v) is 7.45. The number of aliphatic imine (C=N–C) groups is 1. The van der Waals surface area contributed by atoms with Gasteiger partial charge in [0, 0.05) is 56.2 Å². The number of carbonyl (C=O) groups is 3. The lowest BCUT2D eigenvalue weighted by molar-refractivity contribution is -0.136. The second kappa shape index (κ2) is 9.32. The van der Waals surface area contributed by atoms with E-state index in [1.54, 1.807) is 54.4 Å². The number of hydrogen-bond donors (Lipinski definition) is 0. The summed E-state index contributed by atoms with van der Waals surface area (Å²) in [5, 5.41) is 0. The van der Waals surface area contributed by atoms with Crippen LogP contribution in [0.5, 0.6) is 5.75 Å². The van der Waals surface area contributed by atoms with E-state index >= 15 is 0 Å². The number of likely N-dealkylation sites (tertiary alicyclic amines) is 2. The maximum absolute atomic E-state index is 13.5. The molecule has 0 N–H and O–H groups in total. The van der Waals surface area contributed by atoms with Crippen molar-refractivity contribution < 1.29 is 19.1 Å². The molecule has 5 rings (SSSR count). The quantitative estimate of drug-likeness (QED) is 0.558. The fraction of sp³-hybridized carbons (Fsp3) is 0.448. The Morgan fingerprint density at radius 1 is 1.08 bits per heavy atom. The molecule has 4 aliphatic rings. The van der Waals surface area contributed by atoms with Crippen LogP contribution in [0.2, 0.25) is 0 Å². The molecule has 1 atom stereocenters. The van der Waals surface area contributed by atoms with Gasteiger partial charge < -0.3 is 19.4 Å². The van der Waals surface area contributed by atoms with Crippen molar-refractivity contribution in [2.24, 2.45) is 22.2 Å². The van der Waals surface area contributed by atoms with Crippen LogP contribution in [0.15, 0.2) is 65.5 Å². The van der Waals surface area contributed by atoms with Crippen LogP contribution in [-0.4, -0.2) is 78.0 Å². The number of benzene rings is 1. The van der Waals surface area contributed by atoms with E-state index in [4.69, 9.17) is 4.74 Å². The highest BCUT2D eigenvalue weighted by Crippen LogP contribution is 2.37. The summed E-state index contributed by atoms with van der Waals surface area (Å²) in [6, 6.07) is 7.11. The van der Waals surface area contributed by atoms with Gasteiger partial charge in [0.25, 0.3) is 5.91 Å². The standard InChI is InChI=1S/C29H34N4O4/c1-18-6-11-22(14-30-26(18)32-15-21(16-32)27(35)31(4)5)33-17-29(2,3)25(28(33)36)37-23-12-9-20(10-13-23)24(34)19-7-8-19/h6,9-14,19,21,25H,1,7-8,15-17H2,2-5H3. The molecule has 1 saturated carbocycles. The van der Waals surface area contributed by atoms with Gasteiger partial charge in [-0.1, -0.05) is 20.4 Å². The van der Waals surface area contributed by atoms with E-state index in [1.807, 2.05) is 30.9 Å². The minimum Gasteiger partial charge on any atom is -0.480 e. The molecule has 0 aromatic heterocycles. The van der Waals surface area contributed by atoms with E-state index < -0.39 is 11.5 Å². The van der Waals surface area contributed by atoms with Crippen LogP contribution in [0.3, 0.4) is 0 Å². The van der Waals surface area contributed by atoms with E-state index in [0.717, 1.165) is 18.4 Å². The van der Waals surface area contributed by atoms with Crippen molar-refractivity contribution in [2.45, 2.75) is 32.8 Å². The lowest BCUT2D eigenvalue weighted by Crippen LogP contribution is -2.55. The molecule has 3 fully saturated rings. The maximum atomic E-state index is 13.5. The largest absolute Gasteiger partial charge is 0.480 e. The van der Waals surface area contributed by atoms with Crippen LogP contribution < -0.4 is 4.74 Å². The third kappa shape index (κ3) is 4.84. The van der Waals surface area contributed by atoms with Crippen molar-refractivity contribution >= 4 is 23.4 Å². The van der Waals surface area contributed by atoms with Gasteiger partial charge in [-0.2, -0.15) is 0 Å². The van der Waals surface area contributed by atoms with Crippen molar-refractivity contribution in [2.75, 3.05) is 33.7 Å². The summed E-state index contributed by atoms with van der Waals surface area (Å²) in [5.41, 5.74) is 1.66. The smallest absolute Gasteiger partial charge is 0.268 e. The molecule has 2 saturated heterocycles. The van der Waals surface area contributed by atoms with Gasteiger partial charge in [-0.05, 0) is 49.3 Å². The summed E-state index contributed by atoms with van der Waals surface area (Å²) in [5.74, 6) is 1.57. The topological polar surface area (TPSA) is 82.5 Å². The summed E-state index contributed by atoms with van der Waals surface area (Å²) in [6.45, 7) is 9.84. The van der Waals surface area contributed by atoms with E-state index in [9.17, 15) is 14.4 Å². The Labute approximate surface area is 218 Å². The molecule has 194 valence electrons. The van der Waals surface area contributed by atoms with E-state index in [1.165, 1.54) is 0 Å². The summed E-state index contributed by atoms with van der Waals surface area (Å²) in [6.07, 6.45) is 6.68. The number of carbonyl (C=O) groups excluding carboxylic acids is 3. The van der Waals surface area contributed by atoms with Gasteiger partial charge in [-0.3, -0.25) is 14.4 Å². The molecule has 1 aromatic carbocycles. The lowest BCUT2D eigenvalue weighted by Gasteiger charge is -2.41. The normalized spacial score (nSPS) is 23.3. The predicted octanol–water partition coefficient (Wildman–Crippen LogP) is 3.28. The number of allylic oxidation sites excluding steroid dienone is 1. The Morgan fingerprint density at radius 3 is 2.38 bits per heavy atom. The Kier molecular flexibility index (Phi) is 6.30. The zero-order valence-electron chi connectivity index (χ0n) is 21.9. The first-order chi connectivity index (χ1) is 17.5. The highest BCUT2D eigenvalue weighted by molar-refractivity contribution is 6.02. The number of nitrogens with zero attached hydrogens (tertiary/aromatic N) is 4. The summed E-state index contributed by atoms with van der Waals surface area (Å²) < 4.78 is 6.18. The van der Waals surface area contributed by atoms with Gasteiger partial charge in [0.05, 0.1) is 17.8 Å². The van der Waals surface area contributed by atoms with Gasteiger partial charge in [0.15, 0.2) is 11.9 Å². The Hall–Kier alpha value is -3.68. The van der Waals surface area contributed by atoms with E-state index in [-0.39, 0.29) is 29.4 Å². The fourth-order valence-electron chi connectivity index (χ4n) is 5.02. The first-order valence-corrected chi connectivity index (χ1v) is 12.8. The van der Waals surface area contributed by atoms with Crippen molar-refractivity contribution in [3.63, 3.8) is 0 Å². The molecule has 1 aromatic rings. The summed E-state index contributed by atoms with van der Waals surface area (Å²) in [4.78, 5) is 48.0. The van der Waals surface area contributed by atoms with E-state index in [0.29, 0.717) is 42.5 Å². The van der Waals surface area contributed by atoms with Gasteiger partial charge in [-0.15, -0.1) is 0 Å². The lowest BCUT2D eigenvalue weighted by atomic mass is 9.89. The van der Waals surface area contributed by atoms with Crippen LogP contribution >= 0.6 is 0 Å². The Balaban J connectivity index is 1.28. The molecule has 0 radical (unpaired) electrons. The number of hydrogen-bond acceptors (Lipinski definition) is 6. The van der Waals surface area contributed by atoms with Crippen molar-refractivity contribution in [1.82, 2.24) is 14.7 Å². The first-order valence-electron chi connectivity index (χ1n) is 12.8. The third-order valence-electron chi connectivity index (χ3n) is 7.45. The van der Waals surface area contributed by atoms with Gasteiger partial charge in [-0.25, -0.2) is 4.99 Å². The molecule has 3 heterocycles. The molecule has 37 heavy (non-hydrogen) atoms. The van der Waals surface area contributed by atoms with E-state index in [2.05, 4.69) is 11.6 Å². The van der Waals surface area contributed by atoms with Crippen LogP contribution in [0.1, 0.15) is 37.0 Å². The average Bonchev–Trinajstić information content (AvgIpc) is 3.66. The highest BCUT2D eigenvalue weighted by Gasteiger charge is 2.49. The minimum absolute atomic E-state index is 0.0408. The molecule has 2 amide bonds. The molecule has 8 nitrogen and oxygen atoms in total. The number of Topliss-reactive ketones (excluding diaryl/α,β-unsaturated/α-hetero) is 1. The van der Waals surface area contributed by atoms with Crippen molar-refractivity contribution in [1.29, 1.82) is 0 Å². The predicted molar refractivity (Wildman–Crippen MR) is 141 cm³/mol. The van der Waals surface area contributed by atoms with Crippen LogP contribution in [0, 0.1) is 17.3 Å². The molecule has 0 spiro atoms. The fourth-order valence-corrected chi connectivity index (χ4v) is 5.02. The Bertz CT molecular complexity index is 1230. The Morgan fingerprint density at radius 2 is 1.76 bits per heavy atom. The maximum Gasteiger partial charge on any atom is 0.268 e. The summed E-state index contributed by atoms with van der Waals surface area (Å²) in [7, 11) is 3.53. The molecule has 8 heteroatoms. The number of amidine groups is 1. The average molecular weight is 503 g/mol. The molecular formula is C29H34N4O4. The second-order valence-corrected chi connectivity index (χ2v) is 11.3. The van der Waals surface area contributed by atoms with Crippen LogP contribution in [0.25, 0.3) is 0 Å². The minimum atomic E-state index is -0.671. The SMILES string of the molecule is C=C1C=CC(N2CC(C)(C)C(Oc3ccc(C(=O)C4CC4)cc3)C2=O)=CN=C1N1CC(C(=O)N(C)C)C1. The molecule has 1 unspecified atom stereocenters. The molecular weight excluding hydrogens is 468 g/mol. The van der Waals surface area contributed by atoms with Crippen molar-refractivity contribution in [3.05, 3.63) is 66.0 Å². The first kappa shape index (κ1) is 25.0.